The lowest BCUT2D eigenvalue weighted by molar-refractivity contribution is 0.0369. The Morgan fingerprint density at radius 1 is 1.36 bits per heavy atom. The molecule has 3 rings (SSSR count). The van der Waals surface area contributed by atoms with Crippen molar-refractivity contribution in [1.82, 2.24) is 19.8 Å². The van der Waals surface area contributed by atoms with Crippen LogP contribution in [0.3, 0.4) is 0 Å². The fraction of sp³-hybridized carbons (Fsp3) is 0.579. The summed E-state index contributed by atoms with van der Waals surface area (Å²) in [4.78, 5) is 24.5. The monoisotopic (exact) mass is 344 g/mol. The van der Waals surface area contributed by atoms with Crippen molar-refractivity contribution in [3.05, 3.63) is 40.4 Å². The molecule has 6 heteroatoms. The summed E-state index contributed by atoms with van der Waals surface area (Å²) in [6, 6.07) is 7.93. The van der Waals surface area contributed by atoms with Crippen molar-refractivity contribution in [3.8, 4) is 0 Å². The predicted octanol–water partition coefficient (Wildman–Crippen LogP) is 1.24. The first-order valence-electron chi connectivity index (χ1n) is 9.19. The van der Waals surface area contributed by atoms with E-state index in [9.17, 15) is 9.90 Å². The van der Waals surface area contributed by atoms with Crippen molar-refractivity contribution < 1.29 is 5.11 Å². The third kappa shape index (κ3) is 4.45. The van der Waals surface area contributed by atoms with Crippen LogP contribution in [-0.4, -0.2) is 69.7 Å². The average molecular weight is 344 g/mol. The van der Waals surface area contributed by atoms with E-state index in [0.29, 0.717) is 11.4 Å². The van der Waals surface area contributed by atoms with Crippen LogP contribution >= 0.6 is 0 Å². The van der Waals surface area contributed by atoms with Gasteiger partial charge in [-0.25, -0.2) is 4.98 Å². The number of H-pyrrole nitrogens is 1. The Bertz CT molecular complexity index is 758. The Morgan fingerprint density at radius 3 is 2.92 bits per heavy atom. The number of β-amino-alcohol motifs (C(OH)–C–C–N with tert-alkyl or cyclic N) is 1. The number of piperazine rings is 1. The zero-order valence-corrected chi connectivity index (χ0v) is 15.1. The van der Waals surface area contributed by atoms with E-state index in [0.717, 1.165) is 56.9 Å². The summed E-state index contributed by atoms with van der Waals surface area (Å²) in [6.45, 7) is 8.64. The molecule has 0 amide bonds. The summed E-state index contributed by atoms with van der Waals surface area (Å²) in [7, 11) is 0. The molecule has 0 unspecified atom stereocenters. The molecule has 0 saturated carbocycles. The number of fused-ring (bicyclic) bond motifs is 1. The number of nitrogens with one attached hydrogen (secondary N) is 1. The van der Waals surface area contributed by atoms with E-state index >= 15 is 0 Å². The van der Waals surface area contributed by atoms with Gasteiger partial charge in [0.25, 0.3) is 5.56 Å². The summed E-state index contributed by atoms with van der Waals surface area (Å²) in [5.74, 6) is 0.753. The lowest BCUT2D eigenvalue weighted by atomic mass is 10.1. The van der Waals surface area contributed by atoms with Crippen molar-refractivity contribution in [1.29, 1.82) is 0 Å². The smallest absolute Gasteiger partial charge is 0.258 e. The maximum absolute atomic E-state index is 12.2. The number of hydrogen-bond donors (Lipinski definition) is 2. The van der Waals surface area contributed by atoms with Crippen molar-refractivity contribution in [2.45, 2.75) is 38.8 Å². The van der Waals surface area contributed by atoms with Crippen LogP contribution in [0.5, 0.6) is 0 Å². The van der Waals surface area contributed by atoms with Crippen LogP contribution < -0.4 is 5.56 Å². The largest absolute Gasteiger partial charge is 0.392 e. The number of para-hydroxylation sites is 1. The van der Waals surface area contributed by atoms with Gasteiger partial charge in [0.05, 0.1) is 17.0 Å². The van der Waals surface area contributed by atoms with Gasteiger partial charge in [0, 0.05) is 45.2 Å². The number of benzene rings is 1. The molecule has 0 radical (unpaired) electrons. The van der Waals surface area contributed by atoms with Crippen LogP contribution in [0.15, 0.2) is 29.1 Å². The highest BCUT2D eigenvalue weighted by Gasteiger charge is 2.26. The molecule has 1 aromatic heterocycles. The minimum atomic E-state index is -0.285. The third-order valence-electron chi connectivity index (χ3n) is 4.99. The van der Waals surface area contributed by atoms with Crippen molar-refractivity contribution in [2.24, 2.45) is 0 Å². The molecule has 0 aliphatic carbocycles. The molecular formula is C19H28N4O2. The normalized spacial score (nSPS) is 20.8. The second kappa shape index (κ2) is 8.08. The van der Waals surface area contributed by atoms with E-state index in [4.69, 9.17) is 0 Å². The molecule has 1 aromatic carbocycles. The topological polar surface area (TPSA) is 72.5 Å². The summed E-state index contributed by atoms with van der Waals surface area (Å²) in [5.41, 5.74) is 0.697. The molecule has 1 saturated heterocycles. The van der Waals surface area contributed by atoms with Gasteiger partial charge < -0.3 is 15.0 Å². The highest BCUT2D eigenvalue weighted by molar-refractivity contribution is 5.77. The molecule has 2 N–H and O–H groups in total. The highest BCUT2D eigenvalue weighted by atomic mass is 16.3. The number of hydrogen-bond acceptors (Lipinski definition) is 5. The lowest BCUT2D eigenvalue weighted by Gasteiger charge is -2.41. The van der Waals surface area contributed by atoms with E-state index in [2.05, 4.69) is 26.7 Å². The molecule has 0 bridgehead atoms. The molecule has 25 heavy (non-hydrogen) atoms. The molecule has 1 aliphatic heterocycles. The summed E-state index contributed by atoms with van der Waals surface area (Å²) < 4.78 is 0. The Hall–Kier alpha value is -1.76. The average Bonchev–Trinajstić information content (AvgIpc) is 2.60. The first-order valence-corrected chi connectivity index (χ1v) is 9.19. The molecule has 6 nitrogen and oxygen atoms in total. The lowest BCUT2D eigenvalue weighted by Crippen LogP contribution is -2.54. The first kappa shape index (κ1) is 18.0. The van der Waals surface area contributed by atoms with E-state index in [1.54, 1.807) is 6.07 Å². The van der Waals surface area contributed by atoms with Crippen LogP contribution in [0.4, 0.5) is 0 Å². The van der Waals surface area contributed by atoms with Crippen molar-refractivity contribution in [2.75, 3.05) is 32.7 Å². The number of aliphatic hydroxyl groups is 1. The maximum Gasteiger partial charge on any atom is 0.258 e. The van der Waals surface area contributed by atoms with Gasteiger partial charge >= 0.3 is 0 Å². The number of aromatic amines is 1. The highest BCUT2D eigenvalue weighted by Crippen LogP contribution is 2.14. The van der Waals surface area contributed by atoms with Crippen LogP contribution in [0.2, 0.25) is 0 Å². The number of nitrogens with zero attached hydrogens (tertiary/aromatic N) is 3. The minimum Gasteiger partial charge on any atom is -0.392 e. The maximum atomic E-state index is 12.2. The van der Waals surface area contributed by atoms with E-state index < -0.39 is 0 Å². The molecule has 136 valence electrons. The van der Waals surface area contributed by atoms with Gasteiger partial charge in [-0.3, -0.25) is 9.69 Å². The zero-order chi connectivity index (χ0) is 17.8. The molecule has 2 atom stereocenters. The molecule has 2 aromatic rings. The van der Waals surface area contributed by atoms with E-state index in [-0.39, 0.29) is 11.7 Å². The Morgan fingerprint density at radius 2 is 2.16 bits per heavy atom. The second-order valence-electron chi connectivity index (χ2n) is 6.99. The third-order valence-corrected chi connectivity index (χ3v) is 4.99. The fourth-order valence-electron chi connectivity index (χ4n) is 3.64. The van der Waals surface area contributed by atoms with Gasteiger partial charge in [0.2, 0.25) is 0 Å². The van der Waals surface area contributed by atoms with Gasteiger partial charge in [-0.2, -0.15) is 0 Å². The quantitative estimate of drug-likeness (QED) is 0.825. The standard InChI is InChI=1S/C19H28N4O2/c1-3-15-13-22(10-11-23(15)12-14(2)24)9-8-18-20-17-7-5-4-6-16(17)19(25)21-18/h4-7,14-15,24H,3,8-13H2,1-2H3,(H,20,21,25)/t14-,15-/m0/s1. The minimum absolute atomic E-state index is 0.0613. The fourth-order valence-corrected chi connectivity index (χ4v) is 3.64. The van der Waals surface area contributed by atoms with Crippen LogP contribution in [0.1, 0.15) is 26.1 Å². The molecule has 1 fully saturated rings. The number of rotatable bonds is 6. The SMILES string of the molecule is CC[C@H]1CN(CCc2nc3ccccc3c(=O)[nH]2)CCN1C[C@H](C)O. The van der Waals surface area contributed by atoms with Gasteiger partial charge in [-0.15, -0.1) is 0 Å². The first-order chi connectivity index (χ1) is 12.1. The van der Waals surface area contributed by atoms with Gasteiger partial charge in [-0.1, -0.05) is 19.1 Å². The van der Waals surface area contributed by atoms with Gasteiger partial charge in [0.15, 0.2) is 0 Å². The van der Waals surface area contributed by atoms with Gasteiger partial charge in [0.1, 0.15) is 5.82 Å². The molecule has 0 spiro atoms. The molecular weight excluding hydrogens is 316 g/mol. The summed E-state index contributed by atoms with van der Waals surface area (Å²) in [5, 5.41) is 10.3. The Balaban J connectivity index is 1.61. The summed E-state index contributed by atoms with van der Waals surface area (Å²) >= 11 is 0. The Kier molecular flexibility index (Phi) is 5.83. The van der Waals surface area contributed by atoms with Gasteiger partial charge in [-0.05, 0) is 25.5 Å². The zero-order valence-electron chi connectivity index (χ0n) is 15.1. The van der Waals surface area contributed by atoms with E-state index in [1.807, 2.05) is 25.1 Å². The van der Waals surface area contributed by atoms with Crippen molar-refractivity contribution in [3.63, 3.8) is 0 Å². The van der Waals surface area contributed by atoms with E-state index in [1.165, 1.54) is 0 Å². The van der Waals surface area contributed by atoms with Crippen LogP contribution in [0.25, 0.3) is 10.9 Å². The second-order valence-corrected chi connectivity index (χ2v) is 6.99. The van der Waals surface area contributed by atoms with Crippen LogP contribution in [0, 0.1) is 0 Å². The molecule has 1 aliphatic rings. The van der Waals surface area contributed by atoms with Crippen LogP contribution in [-0.2, 0) is 6.42 Å². The molecule has 2 heterocycles. The Labute approximate surface area is 148 Å². The van der Waals surface area contributed by atoms with Crippen molar-refractivity contribution >= 4 is 10.9 Å². The number of aliphatic hydroxyl groups excluding tert-OH is 1. The summed E-state index contributed by atoms with van der Waals surface area (Å²) in [6.07, 6.45) is 1.54. The number of aromatic nitrogens is 2. The predicted molar refractivity (Wildman–Crippen MR) is 99.8 cm³/mol.